The first kappa shape index (κ1) is 15.5. The molecule has 4 atom stereocenters. The lowest BCUT2D eigenvalue weighted by molar-refractivity contribution is -0.0320. The zero-order valence-electron chi connectivity index (χ0n) is 14.2. The van der Waals surface area contributed by atoms with Crippen LogP contribution < -0.4 is 11.1 Å². The predicted octanol–water partition coefficient (Wildman–Crippen LogP) is 3.59. The number of nitrogens with zero attached hydrogens (tertiary/aromatic N) is 1. The summed E-state index contributed by atoms with van der Waals surface area (Å²) < 4.78 is 0. The van der Waals surface area contributed by atoms with E-state index < -0.39 is 0 Å². The Kier molecular flexibility index (Phi) is 3.35. The van der Waals surface area contributed by atoms with E-state index in [2.05, 4.69) is 10.3 Å². The van der Waals surface area contributed by atoms with E-state index in [-0.39, 0.29) is 17.0 Å². The molecule has 4 bridgehead atoms. The monoisotopic (exact) mass is 353 g/mol. The first-order valence-corrected chi connectivity index (χ1v) is 10.0. The number of hydrogen-bond acceptors (Lipinski definition) is 4. The van der Waals surface area contributed by atoms with Gasteiger partial charge >= 0.3 is 0 Å². The van der Waals surface area contributed by atoms with Crippen LogP contribution >= 0.6 is 11.3 Å². The normalized spacial score (nSPS) is 35.7. The Labute approximate surface area is 151 Å². The van der Waals surface area contributed by atoms with Crippen molar-refractivity contribution in [3.63, 3.8) is 0 Å². The molecule has 6 rings (SSSR count). The highest BCUT2D eigenvalue weighted by Crippen LogP contribution is 2.56. The van der Waals surface area contributed by atoms with Crippen LogP contribution in [0.15, 0.2) is 35.8 Å². The number of rotatable bonds is 3. The molecule has 4 aliphatic rings. The first-order chi connectivity index (χ1) is 12.0. The number of hydrogen-bond donors (Lipinski definition) is 2. The quantitative estimate of drug-likeness (QED) is 0.886. The molecule has 4 fully saturated rings. The van der Waals surface area contributed by atoms with Crippen molar-refractivity contribution in [1.82, 2.24) is 10.3 Å². The number of carbonyl (C=O) groups excluding carboxylic acids is 1. The molecule has 0 radical (unpaired) electrons. The van der Waals surface area contributed by atoms with Gasteiger partial charge in [-0.1, -0.05) is 6.07 Å². The van der Waals surface area contributed by atoms with Crippen molar-refractivity contribution in [1.29, 1.82) is 0 Å². The summed E-state index contributed by atoms with van der Waals surface area (Å²) in [5.74, 6) is 1.37. The van der Waals surface area contributed by atoms with Gasteiger partial charge in [-0.15, -0.1) is 11.3 Å². The summed E-state index contributed by atoms with van der Waals surface area (Å²) in [4.78, 5) is 18.4. The number of thiophene rings is 1. The van der Waals surface area contributed by atoms with E-state index in [0.717, 1.165) is 42.7 Å². The SMILES string of the molecule is NC12C[C@H]3C[C@@H](C1)CC(NC(=O)c1ccc(-c4cccs4)nc1)(C3)C2. The van der Waals surface area contributed by atoms with E-state index in [0.29, 0.717) is 17.4 Å². The minimum absolute atomic E-state index is 0.00391. The number of nitrogens with one attached hydrogen (secondary N) is 1. The lowest BCUT2D eigenvalue weighted by Crippen LogP contribution is -2.68. The molecular weight excluding hydrogens is 330 g/mol. The molecule has 130 valence electrons. The molecule has 2 unspecified atom stereocenters. The second-order valence-corrected chi connectivity index (χ2v) is 9.41. The number of pyridine rings is 1. The predicted molar refractivity (Wildman–Crippen MR) is 99.3 cm³/mol. The van der Waals surface area contributed by atoms with Crippen LogP contribution in [-0.2, 0) is 0 Å². The number of carbonyl (C=O) groups is 1. The van der Waals surface area contributed by atoms with Crippen molar-refractivity contribution in [2.45, 2.75) is 49.6 Å². The van der Waals surface area contributed by atoms with Crippen LogP contribution in [0.5, 0.6) is 0 Å². The minimum atomic E-state index is -0.0949. The Balaban J connectivity index is 1.35. The summed E-state index contributed by atoms with van der Waals surface area (Å²) in [7, 11) is 0. The standard InChI is InChI=1S/C20H23N3OS/c21-19-7-13-6-14(8-19)10-20(9-13,12-19)23-18(24)15-3-4-16(22-11-15)17-2-1-5-25-17/h1-5,11,13-14H,6-10,12,21H2,(H,23,24)/t13-,14+,19?,20?. The molecule has 4 aliphatic carbocycles. The van der Waals surface area contributed by atoms with Gasteiger partial charge in [0.15, 0.2) is 0 Å². The second-order valence-electron chi connectivity index (χ2n) is 8.47. The smallest absolute Gasteiger partial charge is 0.253 e. The van der Waals surface area contributed by atoms with E-state index in [1.807, 2.05) is 29.6 Å². The van der Waals surface area contributed by atoms with Gasteiger partial charge in [-0.25, -0.2) is 0 Å². The van der Waals surface area contributed by atoms with Gasteiger partial charge in [0.2, 0.25) is 0 Å². The van der Waals surface area contributed by atoms with Gasteiger partial charge in [-0.05, 0) is 73.9 Å². The lowest BCUT2D eigenvalue weighted by atomic mass is 9.50. The molecule has 0 aliphatic heterocycles. The summed E-state index contributed by atoms with van der Waals surface area (Å²) in [6.07, 6.45) is 8.39. The molecule has 2 aromatic rings. The Morgan fingerprint density at radius 2 is 2.00 bits per heavy atom. The van der Waals surface area contributed by atoms with Crippen molar-refractivity contribution in [2.24, 2.45) is 17.6 Å². The molecule has 0 saturated heterocycles. The summed E-state index contributed by atoms with van der Waals surface area (Å²) in [5, 5.41) is 5.40. The fourth-order valence-electron chi connectivity index (χ4n) is 5.89. The molecule has 3 N–H and O–H groups in total. The third kappa shape index (κ3) is 2.70. The second kappa shape index (κ2) is 5.39. The molecule has 2 heterocycles. The maximum Gasteiger partial charge on any atom is 0.253 e. The molecule has 1 amide bonds. The topological polar surface area (TPSA) is 68.0 Å². The third-order valence-corrected chi connectivity index (χ3v) is 7.18. The van der Waals surface area contributed by atoms with Gasteiger partial charge in [-0.2, -0.15) is 0 Å². The molecule has 5 heteroatoms. The van der Waals surface area contributed by atoms with Crippen LogP contribution in [0.25, 0.3) is 10.6 Å². The van der Waals surface area contributed by atoms with Crippen molar-refractivity contribution in [3.8, 4) is 10.6 Å². The van der Waals surface area contributed by atoms with E-state index in [1.165, 1.54) is 6.42 Å². The summed E-state index contributed by atoms with van der Waals surface area (Å²) in [6.45, 7) is 0. The molecule has 0 aromatic carbocycles. The van der Waals surface area contributed by atoms with Crippen molar-refractivity contribution >= 4 is 17.2 Å². The number of nitrogens with two attached hydrogens (primary N) is 1. The van der Waals surface area contributed by atoms with E-state index in [1.54, 1.807) is 17.5 Å². The van der Waals surface area contributed by atoms with Crippen LogP contribution in [0.1, 0.15) is 48.9 Å². The van der Waals surface area contributed by atoms with Crippen LogP contribution in [0, 0.1) is 11.8 Å². The highest BCUT2D eigenvalue weighted by Gasteiger charge is 2.56. The Hall–Kier alpha value is -1.72. The molecule has 4 saturated carbocycles. The van der Waals surface area contributed by atoms with Gasteiger partial charge in [-0.3, -0.25) is 9.78 Å². The lowest BCUT2D eigenvalue weighted by Gasteiger charge is -2.61. The minimum Gasteiger partial charge on any atom is -0.346 e. The zero-order valence-corrected chi connectivity index (χ0v) is 15.0. The van der Waals surface area contributed by atoms with E-state index >= 15 is 0 Å². The van der Waals surface area contributed by atoms with Gasteiger partial charge in [0, 0.05) is 17.3 Å². The van der Waals surface area contributed by atoms with Crippen molar-refractivity contribution in [3.05, 3.63) is 41.4 Å². The van der Waals surface area contributed by atoms with Crippen molar-refractivity contribution in [2.75, 3.05) is 0 Å². The highest BCUT2D eigenvalue weighted by molar-refractivity contribution is 7.13. The maximum atomic E-state index is 12.8. The van der Waals surface area contributed by atoms with E-state index in [4.69, 9.17) is 5.73 Å². The molecule has 2 aromatic heterocycles. The maximum absolute atomic E-state index is 12.8. The summed E-state index contributed by atoms with van der Waals surface area (Å²) in [6, 6.07) is 7.88. The number of amides is 1. The molecule has 4 nitrogen and oxygen atoms in total. The first-order valence-electron chi connectivity index (χ1n) is 9.14. The molecule has 0 spiro atoms. The summed E-state index contributed by atoms with van der Waals surface area (Å²) >= 11 is 1.66. The van der Waals surface area contributed by atoms with Crippen LogP contribution in [0.3, 0.4) is 0 Å². The Morgan fingerprint density at radius 3 is 2.60 bits per heavy atom. The van der Waals surface area contributed by atoms with Crippen LogP contribution in [0.4, 0.5) is 0 Å². The van der Waals surface area contributed by atoms with Gasteiger partial charge in [0.1, 0.15) is 0 Å². The number of aromatic nitrogens is 1. The van der Waals surface area contributed by atoms with Gasteiger partial charge in [0.05, 0.1) is 16.1 Å². The average Bonchev–Trinajstić information content (AvgIpc) is 3.06. The van der Waals surface area contributed by atoms with Crippen LogP contribution in [-0.4, -0.2) is 22.0 Å². The fourth-order valence-corrected chi connectivity index (χ4v) is 6.59. The zero-order chi connectivity index (χ0) is 17.1. The Bertz CT molecular complexity index is 785. The van der Waals surface area contributed by atoms with Gasteiger partial charge in [0.25, 0.3) is 5.91 Å². The highest BCUT2D eigenvalue weighted by atomic mass is 32.1. The van der Waals surface area contributed by atoms with Crippen molar-refractivity contribution < 1.29 is 4.79 Å². The van der Waals surface area contributed by atoms with E-state index in [9.17, 15) is 4.79 Å². The largest absolute Gasteiger partial charge is 0.346 e. The van der Waals surface area contributed by atoms with Crippen LogP contribution in [0.2, 0.25) is 0 Å². The van der Waals surface area contributed by atoms with Gasteiger partial charge < -0.3 is 11.1 Å². The summed E-state index contributed by atoms with van der Waals surface area (Å²) in [5.41, 5.74) is 8.04. The third-order valence-electron chi connectivity index (χ3n) is 6.28. The molecule has 25 heavy (non-hydrogen) atoms. The Morgan fingerprint density at radius 1 is 1.20 bits per heavy atom. The fraction of sp³-hybridized carbons (Fsp3) is 0.500. The average molecular weight is 353 g/mol. The molecular formula is C20H23N3OS.